The quantitative estimate of drug-likeness (QED) is 0.650. The Labute approximate surface area is 165 Å². The number of carbonyl (C=O) groups is 1. The number of nitrogens with zero attached hydrogens (tertiary/aromatic N) is 2. The van der Waals surface area contributed by atoms with Crippen LogP contribution in [0.4, 0.5) is 10.2 Å². The number of ether oxygens (including phenoxy) is 1. The van der Waals surface area contributed by atoms with Crippen molar-refractivity contribution in [2.24, 2.45) is 0 Å². The van der Waals surface area contributed by atoms with Crippen LogP contribution in [0, 0.1) is 12.7 Å². The van der Waals surface area contributed by atoms with Crippen molar-refractivity contribution >= 4 is 34.9 Å². The topological polar surface area (TPSA) is 56.1 Å². The smallest absolute Gasteiger partial charge is 0.257 e. The van der Waals surface area contributed by atoms with Gasteiger partial charge in [0.05, 0.1) is 13.7 Å². The van der Waals surface area contributed by atoms with Crippen molar-refractivity contribution in [3.8, 4) is 5.75 Å². The van der Waals surface area contributed by atoms with Crippen molar-refractivity contribution in [1.82, 2.24) is 9.78 Å². The first-order chi connectivity index (χ1) is 12.9. The highest BCUT2D eigenvalue weighted by Crippen LogP contribution is 2.26. The summed E-state index contributed by atoms with van der Waals surface area (Å²) in [7, 11) is 1.54. The van der Waals surface area contributed by atoms with Gasteiger partial charge in [-0.15, -0.1) is 0 Å². The Hall–Kier alpha value is -2.57. The van der Waals surface area contributed by atoms with Crippen molar-refractivity contribution in [3.63, 3.8) is 0 Å². The number of anilines is 1. The number of hydrogen-bond donors (Lipinski definition) is 1. The normalized spacial score (nSPS) is 10.7. The van der Waals surface area contributed by atoms with Gasteiger partial charge in [-0.3, -0.25) is 9.48 Å². The molecule has 1 amide bonds. The molecule has 1 aromatic heterocycles. The van der Waals surface area contributed by atoms with Crippen molar-refractivity contribution in [1.29, 1.82) is 0 Å². The zero-order valence-electron chi connectivity index (χ0n) is 14.6. The van der Waals surface area contributed by atoms with E-state index in [2.05, 4.69) is 10.4 Å². The van der Waals surface area contributed by atoms with Gasteiger partial charge in [-0.05, 0) is 31.2 Å². The molecule has 0 atom stereocenters. The summed E-state index contributed by atoms with van der Waals surface area (Å²) in [6.07, 6.45) is 1.50. The number of nitrogens with one attached hydrogen (secondary N) is 1. The summed E-state index contributed by atoms with van der Waals surface area (Å²) in [6.45, 7) is 1.87. The van der Waals surface area contributed by atoms with E-state index in [-0.39, 0.29) is 23.3 Å². The summed E-state index contributed by atoms with van der Waals surface area (Å²) in [5, 5.41) is 7.41. The molecule has 0 bridgehead atoms. The average molecular weight is 408 g/mol. The lowest BCUT2D eigenvalue weighted by Gasteiger charge is -2.10. The molecule has 0 radical (unpaired) electrons. The fourth-order valence-corrected chi connectivity index (χ4v) is 3.09. The molecule has 1 heterocycles. The first kappa shape index (κ1) is 19.2. The lowest BCUT2D eigenvalue weighted by molar-refractivity contribution is 0.102. The maximum atomic E-state index is 14.0. The molecule has 27 heavy (non-hydrogen) atoms. The molecule has 0 aliphatic carbocycles. The number of halogens is 3. The minimum Gasteiger partial charge on any atom is -0.496 e. The van der Waals surface area contributed by atoms with Gasteiger partial charge in [0.15, 0.2) is 5.82 Å². The van der Waals surface area contributed by atoms with Gasteiger partial charge in [-0.1, -0.05) is 35.3 Å². The molecule has 0 spiro atoms. The number of carbonyl (C=O) groups excluding carboxylic acids is 1. The van der Waals surface area contributed by atoms with Gasteiger partial charge in [-0.25, -0.2) is 4.39 Å². The molecule has 1 N–H and O–H groups in total. The van der Waals surface area contributed by atoms with Crippen LogP contribution in [0.3, 0.4) is 0 Å². The van der Waals surface area contributed by atoms with Gasteiger partial charge >= 0.3 is 0 Å². The Morgan fingerprint density at radius 1 is 1.22 bits per heavy atom. The highest BCUT2D eigenvalue weighted by Gasteiger charge is 2.17. The Morgan fingerprint density at radius 3 is 2.67 bits per heavy atom. The molecule has 0 aliphatic rings. The highest BCUT2D eigenvalue weighted by molar-refractivity contribution is 6.33. The first-order valence-corrected chi connectivity index (χ1v) is 8.77. The minimum atomic E-state index is -0.438. The van der Waals surface area contributed by atoms with Crippen molar-refractivity contribution in [2.75, 3.05) is 12.4 Å². The van der Waals surface area contributed by atoms with Crippen LogP contribution in [0.25, 0.3) is 0 Å². The van der Waals surface area contributed by atoms with Crippen molar-refractivity contribution in [3.05, 3.63) is 75.1 Å². The Balaban J connectivity index is 1.82. The van der Waals surface area contributed by atoms with Crippen LogP contribution in [-0.2, 0) is 6.54 Å². The van der Waals surface area contributed by atoms with E-state index in [1.54, 1.807) is 31.2 Å². The van der Waals surface area contributed by atoms with Gasteiger partial charge < -0.3 is 10.1 Å². The molecular weight excluding hydrogens is 392 g/mol. The molecule has 8 heteroatoms. The summed E-state index contributed by atoms with van der Waals surface area (Å²) in [4.78, 5) is 12.6. The molecule has 0 saturated carbocycles. The summed E-state index contributed by atoms with van der Waals surface area (Å²) >= 11 is 12.2. The zero-order chi connectivity index (χ0) is 19.6. The average Bonchev–Trinajstić information content (AvgIpc) is 2.97. The third-order valence-electron chi connectivity index (χ3n) is 4.08. The van der Waals surface area contributed by atoms with Crippen LogP contribution in [0.1, 0.15) is 21.5 Å². The largest absolute Gasteiger partial charge is 0.496 e. The second kappa shape index (κ2) is 7.98. The van der Waals surface area contributed by atoms with Crippen LogP contribution < -0.4 is 10.1 Å². The van der Waals surface area contributed by atoms with Gasteiger partial charge in [-0.2, -0.15) is 5.10 Å². The summed E-state index contributed by atoms with van der Waals surface area (Å²) in [6, 6.07) is 9.61. The van der Waals surface area contributed by atoms with Crippen LogP contribution >= 0.6 is 23.2 Å². The van der Waals surface area contributed by atoms with Crippen molar-refractivity contribution < 1.29 is 13.9 Å². The molecule has 2 aromatic carbocycles. The zero-order valence-corrected chi connectivity index (χ0v) is 16.1. The van der Waals surface area contributed by atoms with E-state index in [1.165, 1.54) is 30.1 Å². The van der Waals surface area contributed by atoms with Gasteiger partial charge in [0, 0.05) is 27.9 Å². The van der Waals surface area contributed by atoms with E-state index in [1.807, 2.05) is 0 Å². The fourth-order valence-electron chi connectivity index (χ4n) is 2.66. The predicted molar refractivity (Wildman–Crippen MR) is 103 cm³/mol. The highest BCUT2D eigenvalue weighted by atomic mass is 35.5. The van der Waals surface area contributed by atoms with Crippen molar-refractivity contribution in [2.45, 2.75) is 13.5 Å². The second-order valence-corrected chi connectivity index (χ2v) is 6.62. The van der Waals surface area contributed by atoms with E-state index >= 15 is 0 Å². The number of methoxy groups -OCH3 is 1. The number of aromatic nitrogens is 2. The molecule has 5 nitrogen and oxygen atoms in total. The van der Waals surface area contributed by atoms with Crippen LogP contribution in [0.2, 0.25) is 10.0 Å². The van der Waals surface area contributed by atoms with E-state index in [0.717, 1.165) is 0 Å². The molecular formula is C19H16Cl2FN3O2. The number of rotatable bonds is 5. The van der Waals surface area contributed by atoms with Crippen LogP contribution in [0.15, 0.2) is 42.6 Å². The first-order valence-electron chi connectivity index (χ1n) is 8.01. The number of amides is 1. The van der Waals surface area contributed by atoms with Crippen LogP contribution in [0.5, 0.6) is 5.75 Å². The minimum absolute atomic E-state index is 0.0826. The van der Waals surface area contributed by atoms with Gasteiger partial charge in [0.25, 0.3) is 5.91 Å². The summed E-state index contributed by atoms with van der Waals surface area (Å²) < 4.78 is 20.6. The predicted octanol–water partition coefficient (Wildman–Crippen LogP) is 4.95. The van der Waals surface area contributed by atoms with E-state index in [0.29, 0.717) is 27.5 Å². The molecule has 3 aromatic rings. The fraction of sp³-hybridized carbons (Fsp3) is 0.158. The molecule has 0 aliphatic heterocycles. The number of benzene rings is 2. The standard InChI is InChI=1S/C19H16Cl2FN3O2/c1-11-12(5-3-8-17(11)27-2)19(26)23-18-15(21)10-25(24-18)9-13-14(20)6-4-7-16(13)22/h3-8,10H,9H2,1-2H3,(H,23,24,26). The summed E-state index contributed by atoms with van der Waals surface area (Å²) in [5.74, 6) is -0.0287. The maximum absolute atomic E-state index is 14.0. The molecule has 0 saturated heterocycles. The van der Waals surface area contributed by atoms with E-state index in [4.69, 9.17) is 27.9 Å². The molecule has 140 valence electrons. The second-order valence-electron chi connectivity index (χ2n) is 5.81. The monoisotopic (exact) mass is 407 g/mol. The third-order valence-corrected chi connectivity index (χ3v) is 4.71. The van der Waals surface area contributed by atoms with E-state index in [9.17, 15) is 9.18 Å². The lowest BCUT2D eigenvalue weighted by Crippen LogP contribution is -2.15. The maximum Gasteiger partial charge on any atom is 0.257 e. The summed E-state index contributed by atoms with van der Waals surface area (Å²) in [5.41, 5.74) is 1.43. The Bertz CT molecular complexity index is 984. The SMILES string of the molecule is COc1cccc(C(=O)Nc2nn(Cc3c(F)cccc3Cl)cc2Cl)c1C. The molecule has 0 unspecified atom stereocenters. The Kier molecular flexibility index (Phi) is 5.68. The van der Waals surface area contributed by atoms with Gasteiger partial charge in [0.2, 0.25) is 0 Å². The lowest BCUT2D eigenvalue weighted by atomic mass is 10.1. The Morgan fingerprint density at radius 2 is 1.96 bits per heavy atom. The van der Waals surface area contributed by atoms with Crippen LogP contribution in [-0.4, -0.2) is 22.8 Å². The molecule has 0 fully saturated rings. The third kappa shape index (κ3) is 4.07. The number of hydrogen-bond acceptors (Lipinski definition) is 3. The molecule has 3 rings (SSSR count). The van der Waals surface area contributed by atoms with Gasteiger partial charge in [0.1, 0.15) is 16.6 Å². The van der Waals surface area contributed by atoms with E-state index < -0.39 is 5.82 Å².